The van der Waals surface area contributed by atoms with Crippen LogP contribution in [0.5, 0.6) is 0 Å². The van der Waals surface area contributed by atoms with Crippen LogP contribution < -0.4 is 23.6 Å². The zero-order chi connectivity index (χ0) is 9.83. The first-order valence-electron chi connectivity index (χ1n) is 3.41. The summed E-state index contributed by atoms with van der Waals surface area (Å²) in [5, 5.41) is 0. The van der Waals surface area contributed by atoms with E-state index < -0.39 is 18.4 Å². The zero-order valence-corrected chi connectivity index (χ0v) is 10.2. The number of nitrogens with one attached hydrogen (secondary N) is 1. The summed E-state index contributed by atoms with van der Waals surface area (Å²) in [6.45, 7) is 6.01. The van der Waals surface area contributed by atoms with Gasteiger partial charge in [0, 0.05) is 0 Å². The maximum absolute atomic E-state index is 10.0. The van der Waals surface area contributed by atoms with Gasteiger partial charge in [-0.25, -0.2) is 13.1 Å². The van der Waals surface area contributed by atoms with Crippen LogP contribution in [-0.2, 0) is 10.3 Å². The van der Waals surface area contributed by atoms with E-state index in [1.165, 1.54) is 0 Å². The van der Waals surface area contributed by atoms with Gasteiger partial charge in [-0.15, -0.1) is 5.54 Å². The number of hydrogen-bond donors (Lipinski definition) is 1. The molecule has 0 amide bonds. The topological polar surface area (TPSA) is 69.2 Å². The van der Waals surface area contributed by atoms with Gasteiger partial charge in [0.15, 0.2) is 10.3 Å². The average Bonchev–Trinajstić information content (AvgIpc) is 1.76. The second-order valence-electron chi connectivity index (χ2n) is 3.33. The van der Waals surface area contributed by atoms with Crippen molar-refractivity contribution in [3.63, 3.8) is 0 Å². The van der Waals surface area contributed by atoms with Gasteiger partial charge in [-0.2, -0.15) is 0 Å². The SMILES string of the molecule is C[Si](C)(C)C#CCNS(=O)(=O)[O-].[Li+]. The second kappa shape index (κ2) is 5.87. The van der Waals surface area contributed by atoms with Gasteiger partial charge in [0.05, 0.1) is 6.54 Å². The Kier molecular flexibility index (Phi) is 7.09. The molecule has 0 aliphatic heterocycles. The van der Waals surface area contributed by atoms with Crippen molar-refractivity contribution in [3.05, 3.63) is 0 Å². The fourth-order valence-electron chi connectivity index (χ4n) is 0.434. The van der Waals surface area contributed by atoms with Crippen LogP contribution in [0.3, 0.4) is 0 Å². The fraction of sp³-hybridized carbons (Fsp3) is 0.667. The molecule has 0 saturated heterocycles. The van der Waals surface area contributed by atoms with Gasteiger partial charge in [0.1, 0.15) is 8.07 Å². The average molecular weight is 213 g/mol. The van der Waals surface area contributed by atoms with Crippen molar-refractivity contribution >= 4 is 18.4 Å². The minimum atomic E-state index is -4.33. The van der Waals surface area contributed by atoms with Gasteiger partial charge in [-0.3, -0.25) is 0 Å². The van der Waals surface area contributed by atoms with E-state index in [1.54, 1.807) is 4.72 Å². The Balaban J connectivity index is 0. The molecule has 4 nitrogen and oxygen atoms in total. The van der Waals surface area contributed by atoms with Crippen LogP contribution in [0.15, 0.2) is 0 Å². The first-order chi connectivity index (χ1) is 5.21. The summed E-state index contributed by atoms with van der Waals surface area (Å²) in [5.41, 5.74) is 2.92. The molecule has 0 aromatic carbocycles. The van der Waals surface area contributed by atoms with E-state index in [2.05, 4.69) is 11.5 Å². The van der Waals surface area contributed by atoms with Crippen molar-refractivity contribution in [2.45, 2.75) is 19.6 Å². The molecule has 13 heavy (non-hydrogen) atoms. The molecular weight excluding hydrogens is 201 g/mol. The Morgan fingerprint density at radius 2 is 1.85 bits per heavy atom. The van der Waals surface area contributed by atoms with Crippen LogP contribution in [0.25, 0.3) is 0 Å². The molecule has 0 atom stereocenters. The van der Waals surface area contributed by atoms with E-state index in [1.807, 2.05) is 19.6 Å². The molecular formula is C6H12LiNO3SSi. The summed E-state index contributed by atoms with van der Waals surface area (Å²) in [4.78, 5) is 0. The quantitative estimate of drug-likeness (QED) is 0.300. The van der Waals surface area contributed by atoms with Crippen LogP contribution in [0, 0.1) is 11.5 Å². The van der Waals surface area contributed by atoms with E-state index in [4.69, 9.17) is 0 Å². The van der Waals surface area contributed by atoms with Gasteiger partial charge in [-0.1, -0.05) is 25.6 Å². The monoisotopic (exact) mass is 213 g/mol. The maximum Gasteiger partial charge on any atom is 1.00 e. The van der Waals surface area contributed by atoms with Crippen molar-refractivity contribution < 1.29 is 31.8 Å². The van der Waals surface area contributed by atoms with Gasteiger partial charge < -0.3 is 4.55 Å². The van der Waals surface area contributed by atoms with Gasteiger partial charge in [-0.05, 0) is 0 Å². The third kappa shape index (κ3) is 15.0. The van der Waals surface area contributed by atoms with Crippen molar-refractivity contribution in [1.82, 2.24) is 4.72 Å². The van der Waals surface area contributed by atoms with Gasteiger partial charge >= 0.3 is 18.9 Å². The predicted molar refractivity (Wildman–Crippen MR) is 48.8 cm³/mol. The van der Waals surface area contributed by atoms with Crippen LogP contribution in [-0.4, -0.2) is 27.6 Å². The van der Waals surface area contributed by atoms with E-state index in [-0.39, 0.29) is 25.4 Å². The smallest absolute Gasteiger partial charge is 0.735 e. The van der Waals surface area contributed by atoms with E-state index in [0.29, 0.717) is 0 Å². The van der Waals surface area contributed by atoms with Crippen LogP contribution in [0.1, 0.15) is 0 Å². The molecule has 0 spiro atoms. The summed E-state index contributed by atoms with van der Waals surface area (Å²) in [5.74, 6) is 2.60. The summed E-state index contributed by atoms with van der Waals surface area (Å²) in [7, 11) is -5.78. The van der Waals surface area contributed by atoms with Crippen molar-refractivity contribution in [2.75, 3.05) is 6.54 Å². The minimum Gasteiger partial charge on any atom is -0.735 e. The van der Waals surface area contributed by atoms with E-state index in [0.717, 1.165) is 0 Å². The Bertz CT molecular complexity index is 298. The maximum atomic E-state index is 10.0. The van der Waals surface area contributed by atoms with Crippen molar-refractivity contribution in [2.24, 2.45) is 0 Å². The molecule has 0 aromatic heterocycles. The van der Waals surface area contributed by atoms with Crippen LogP contribution in [0.4, 0.5) is 0 Å². The first-order valence-corrected chi connectivity index (χ1v) is 8.32. The van der Waals surface area contributed by atoms with E-state index in [9.17, 15) is 13.0 Å². The largest absolute Gasteiger partial charge is 1.00 e. The fourth-order valence-corrected chi connectivity index (χ4v) is 1.30. The molecule has 0 fully saturated rings. The molecule has 0 radical (unpaired) electrons. The molecule has 70 valence electrons. The second-order valence-corrected chi connectivity index (χ2v) is 9.27. The molecule has 0 aliphatic rings. The summed E-state index contributed by atoms with van der Waals surface area (Å²) < 4.78 is 31.9. The predicted octanol–water partition coefficient (Wildman–Crippen LogP) is -3.08. The first kappa shape index (κ1) is 15.7. The van der Waals surface area contributed by atoms with Crippen molar-refractivity contribution in [3.8, 4) is 11.5 Å². The molecule has 0 saturated carbocycles. The standard InChI is InChI=1S/C6H13NO3SSi.Li/c1-12(2,3)6-4-5-7-11(8,9)10;/h7H,5H2,1-3H3,(H,8,9,10);/q;+1/p-1. The van der Waals surface area contributed by atoms with E-state index >= 15 is 0 Å². The number of hydrogen-bond acceptors (Lipinski definition) is 3. The Hall–Kier alpha value is 0.244. The minimum absolute atomic E-state index is 0. The molecule has 0 bridgehead atoms. The number of rotatable bonds is 2. The van der Waals surface area contributed by atoms with Crippen LogP contribution >= 0.6 is 0 Å². The summed E-state index contributed by atoms with van der Waals surface area (Å²) in [6, 6.07) is 0. The molecule has 1 N–H and O–H groups in total. The molecule has 0 aromatic rings. The zero-order valence-electron chi connectivity index (χ0n) is 8.34. The molecule has 0 aliphatic carbocycles. The summed E-state index contributed by atoms with van der Waals surface area (Å²) >= 11 is 0. The molecule has 0 unspecified atom stereocenters. The van der Waals surface area contributed by atoms with Crippen LogP contribution in [0.2, 0.25) is 19.6 Å². The Morgan fingerprint density at radius 1 is 1.38 bits per heavy atom. The Labute approximate surface area is 92.6 Å². The van der Waals surface area contributed by atoms with Gasteiger partial charge in [0.2, 0.25) is 0 Å². The molecule has 0 rings (SSSR count). The van der Waals surface area contributed by atoms with Crippen molar-refractivity contribution in [1.29, 1.82) is 0 Å². The Morgan fingerprint density at radius 3 is 2.15 bits per heavy atom. The normalized spacial score (nSPS) is 11.1. The molecule has 7 heteroatoms. The van der Waals surface area contributed by atoms with Gasteiger partial charge in [0.25, 0.3) is 0 Å². The summed E-state index contributed by atoms with van der Waals surface area (Å²) in [6.07, 6.45) is 0. The third-order valence-corrected chi connectivity index (χ3v) is 2.23. The molecule has 0 heterocycles. The third-order valence-electron chi connectivity index (χ3n) is 0.801.